The maximum atomic E-state index is 12.1. The summed E-state index contributed by atoms with van der Waals surface area (Å²) >= 11 is 6.90. The Balaban J connectivity index is 1.67. The lowest BCUT2D eigenvalue weighted by Gasteiger charge is -2.11. The third-order valence-electron chi connectivity index (χ3n) is 3.26. The number of rotatable bonds is 8. The van der Waals surface area contributed by atoms with Gasteiger partial charge in [0.1, 0.15) is 5.75 Å². The van der Waals surface area contributed by atoms with Crippen molar-refractivity contribution in [2.45, 2.75) is 12.4 Å². The number of hydrogen-bond acceptors (Lipinski definition) is 4. The first-order valence-corrected chi connectivity index (χ1v) is 9.30. The van der Waals surface area contributed by atoms with Crippen molar-refractivity contribution in [2.24, 2.45) is 0 Å². The largest absolute Gasteiger partial charge is 0.435 e. The standard InChI is InChI=1S/C18H17F2N3OS2/c19-17(20)24-16-7-5-15(6-8-16)23-18(25)22-9-10-26-12-14-4-2-1-3-13(14)11-21/h1-8,17H,9-10,12H2,(H2,22,23,25). The minimum atomic E-state index is -2.84. The highest BCUT2D eigenvalue weighted by molar-refractivity contribution is 7.98. The molecule has 0 aliphatic carbocycles. The molecule has 0 aromatic heterocycles. The van der Waals surface area contributed by atoms with Gasteiger partial charge in [0.15, 0.2) is 5.11 Å². The van der Waals surface area contributed by atoms with Crippen LogP contribution in [-0.4, -0.2) is 24.0 Å². The van der Waals surface area contributed by atoms with Crippen molar-refractivity contribution < 1.29 is 13.5 Å². The van der Waals surface area contributed by atoms with Gasteiger partial charge >= 0.3 is 6.61 Å². The summed E-state index contributed by atoms with van der Waals surface area (Å²) in [5.41, 5.74) is 2.40. The van der Waals surface area contributed by atoms with Crippen molar-refractivity contribution in [2.75, 3.05) is 17.6 Å². The van der Waals surface area contributed by atoms with Crippen LogP contribution in [0.25, 0.3) is 0 Å². The van der Waals surface area contributed by atoms with Gasteiger partial charge in [-0.3, -0.25) is 0 Å². The average molecular weight is 393 g/mol. The molecule has 2 N–H and O–H groups in total. The molecule has 26 heavy (non-hydrogen) atoms. The van der Waals surface area contributed by atoms with Crippen molar-refractivity contribution in [3.05, 3.63) is 59.7 Å². The van der Waals surface area contributed by atoms with Gasteiger partial charge in [-0.2, -0.15) is 25.8 Å². The highest BCUT2D eigenvalue weighted by Crippen LogP contribution is 2.18. The van der Waals surface area contributed by atoms with Gasteiger partial charge < -0.3 is 15.4 Å². The number of benzene rings is 2. The lowest BCUT2D eigenvalue weighted by Crippen LogP contribution is -2.30. The van der Waals surface area contributed by atoms with Gasteiger partial charge in [-0.05, 0) is 48.1 Å². The normalized spacial score (nSPS) is 10.2. The summed E-state index contributed by atoms with van der Waals surface area (Å²) in [6.07, 6.45) is 0. The van der Waals surface area contributed by atoms with E-state index in [1.807, 2.05) is 24.3 Å². The molecule has 0 bridgehead atoms. The van der Waals surface area contributed by atoms with E-state index in [-0.39, 0.29) is 5.75 Å². The Morgan fingerprint density at radius 1 is 1.19 bits per heavy atom. The fraction of sp³-hybridized carbons (Fsp3) is 0.222. The third kappa shape index (κ3) is 6.86. The van der Waals surface area contributed by atoms with E-state index in [4.69, 9.17) is 17.5 Å². The van der Waals surface area contributed by atoms with Crippen LogP contribution >= 0.6 is 24.0 Å². The Hall–Kier alpha value is -2.37. The molecule has 0 radical (unpaired) electrons. The van der Waals surface area contributed by atoms with Crippen LogP contribution in [0.2, 0.25) is 0 Å². The highest BCUT2D eigenvalue weighted by Gasteiger charge is 2.04. The predicted molar refractivity (Wildman–Crippen MR) is 105 cm³/mol. The number of ether oxygens (including phenoxy) is 1. The van der Waals surface area contributed by atoms with Crippen LogP contribution in [0.15, 0.2) is 48.5 Å². The molecule has 0 heterocycles. The van der Waals surface area contributed by atoms with Crippen molar-refractivity contribution in [1.29, 1.82) is 5.26 Å². The van der Waals surface area contributed by atoms with E-state index in [0.717, 1.165) is 17.1 Å². The lowest BCUT2D eigenvalue weighted by atomic mass is 10.1. The van der Waals surface area contributed by atoms with Crippen LogP contribution in [0.3, 0.4) is 0 Å². The molecule has 2 aromatic carbocycles. The van der Waals surface area contributed by atoms with Gasteiger partial charge in [0, 0.05) is 23.7 Å². The van der Waals surface area contributed by atoms with E-state index in [1.54, 1.807) is 23.9 Å². The molecule has 0 unspecified atom stereocenters. The molecular formula is C18H17F2N3OS2. The minimum absolute atomic E-state index is 0.0958. The third-order valence-corrected chi connectivity index (χ3v) is 4.52. The molecule has 136 valence electrons. The Morgan fingerprint density at radius 2 is 1.92 bits per heavy atom. The van der Waals surface area contributed by atoms with Crippen LogP contribution in [0.5, 0.6) is 5.75 Å². The van der Waals surface area contributed by atoms with E-state index < -0.39 is 6.61 Å². The maximum Gasteiger partial charge on any atom is 0.387 e. The summed E-state index contributed by atoms with van der Waals surface area (Å²) in [6, 6.07) is 15.8. The zero-order valence-corrected chi connectivity index (χ0v) is 15.4. The average Bonchev–Trinajstić information content (AvgIpc) is 2.63. The van der Waals surface area contributed by atoms with E-state index in [0.29, 0.717) is 22.9 Å². The second-order valence-corrected chi connectivity index (χ2v) is 6.62. The molecule has 4 nitrogen and oxygen atoms in total. The number of thiocarbonyl (C=S) groups is 1. The van der Waals surface area contributed by atoms with E-state index in [9.17, 15) is 8.78 Å². The Labute approximate surface area is 160 Å². The second-order valence-electron chi connectivity index (χ2n) is 5.11. The zero-order chi connectivity index (χ0) is 18.8. The molecule has 0 aliphatic rings. The van der Waals surface area contributed by atoms with Gasteiger partial charge in [-0.1, -0.05) is 18.2 Å². The number of alkyl halides is 2. The quantitative estimate of drug-likeness (QED) is 0.513. The summed E-state index contributed by atoms with van der Waals surface area (Å²) in [4.78, 5) is 0. The molecule has 2 aromatic rings. The molecule has 2 rings (SSSR count). The lowest BCUT2D eigenvalue weighted by molar-refractivity contribution is -0.0498. The number of halogens is 2. The summed E-state index contributed by atoms with van der Waals surface area (Å²) in [7, 11) is 0. The number of nitrogens with one attached hydrogen (secondary N) is 2. The van der Waals surface area contributed by atoms with Gasteiger partial charge in [0.25, 0.3) is 0 Å². The molecule has 0 amide bonds. The highest BCUT2D eigenvalue weighted by atomic mass is 32.2. The van der Waals surface area contributed by atoms with Crippen molar-refractivity contribution in [1.82, 2.24) is 5.32 Å². The SMILES string of the molecule is N#Cc1ccccc1CSCCNC(=S)Nc1ccc(OC(F)F)cc1. The van der Waals surface area contributed by atoms with Gasteiger partial charge in [-0.15, -0.1) is 0 Å². The topological polar surface area (TPSA) is 57.1 Å². The number of thioether (sulfide) groups is 1. The van der Waals surface area contributed by atoms with Crippen molar-refractivity contribution in [3.8, 4) is 11.8 Å². The Kier molecular flexibility index (Phi) is 8.12. The molecular weight excluding hydrogens is 376 g/mol. The van der Waals surface area contributed by atoms with Crippen LogP contribution in [0.1, 0.15) is 11.1 Å². The van der Waals surface area contributed by atoms with Crippen molar-refractivity contribution in [3.63, 3.8) is 0 Å². The second kappa shape index (κ2) is 10.6. The Bertz CT molecular complexity index is 764. The van der Waals surface area contributed by atoms with Crippen molar-refractivity contribution >= 4 is 34.8 Å². The molecule has 0 saturated heterocycles. The van der Waals surface area contributed by atoms with Crippen LogP contribution in [0, 0.1) is 11.3 Å². The summed E-state index contributed by atoms with van der Waals surface area (Å²) < 4.78 is 28.5. The molecule has 8 heteroatoms. The van der Waals surface area contributed by atoms with Crippen LogP contribution < -0.4 is 15.4 Å². The first-order valence-electron chi connectivity index (χ1n) is 7.74. The van der Waals surface area contributed by atoms with E-state index in [2.05, 4.69) is 21.4 Å². The first-order chi connectivity index (χ1) is 12.6. The smallest absolute Gasteiger partial charge is 0.387 e. The van der Waals surface area contributed by atoms with E-state index >= 15 is 0 Å². The molecule has 0 atom stereocenters. The zero-order valence-electron chi connectivity index (χ0n) is 13.7. The van der Waals surface area contributed by atoms with Gasteiger partial charge in [0.2, 0.25) is 0 Å². The van der Waals surface area contributed by atoms with Gasteiger partial charge in [0.05, 0.1) is 11.6 Å². The fourth-order valence-corrected chi connectivity index (χ4v) is 3.15. The Morgan fingerprint density at radius 3 is 2.62 bits per heavy atom. The summed E-state index contributed by atoms with van der Waals surface area (Å²) in [5.74, 6) is 1.68. The van der Waals surface area contributed by atoms with E-state index in [1.165, 1.54) is 12.1 Å². The number of hydrogen-bond donors (Lipinski definition) is 2. The molecule has 0 aliphatic heterocycles. The summed E-state index contributed by atoms with van der Waals surface area (Å²) in [5, 5.41) is 15.6. The number of anilines is 1. The first kappa shape index (κ1) is 19.9. The summed E-state index contributed by atoms with van der Waals surface area (Å²) in [6.45, 7) is -2.17. The van der Waals surface area contributed by atoms with Crippen LogP contribution in [-0.2, 0) is 5.75 Å². The molecule has 0 saturated carbocycles. The molecule has 0 fully saturated rings. The number of nitrogens with zero attached hydrogens (tertiary/aromatic N) is 1. The monoisotopic (exact) mass is 393 g/mol. The predicted octanol–water partition coefficient (Wildman–Crippen LogP) is 4.38. The maximum absolute atomic E-state index is 12.1. The fourth-order valence-electron chi connectivity index (χ4n) is 2.07. The molecule has 0 spiro atoms. The number of nitriles is 1. The minimum Gasteiger partial charge on any atom is -0.435 e. The van der Waals surface area contributed by atoms with Crippen LogP contribution in [0.4, 0.5) is 14.5 Å². The van der Waals surface area contributed by atoms with Gasteiger partial charge in [-0.25, -0.2) is 0 Å².